The number of benzene rings is 3. The molecular formula is C22H17BrN2O. The number of nitrogens with one attached hydrogen (secondary N) is 1. The van der Waals surface area contributed by atoms with Crippen LogP contribution in [0.15, 0.2) is 70.1 Å². The average molecular weight is 405 g/mol. The van der Waals surface area contributed by atoms with E-state index in [1.165, 1.54) is 0 Å². The Bertz CT molecular complexity index is 1050. The fourth-order valence-corrected chi connectivity index (χ4v) is 3.35. The molecule has 0 fully saturated rings. The Balaban J connectivity index is 2.02. The fraction of sp³-hybridized carbons (Fsp3) is 0.0909. The molecule has 1 aliphatic heterocycles. The van der Waals surface area contributed by atoms with E-state index in [0.29, 0.717) is 11.3 Å². The number of hydrogen-bond acceptors (Lipinski definition) is 2. The normalized spacial score (nSPS) is 13.0. The number of hydrogen-bond donors (Lipinski definition) is 1. The fourth-order valence-electron chi connectivity index (χ4n) is 3.09. The third-order valence-corrected chi connectivity index (χ3v) is 4.95. The Hall–Kier alpha value is -2.72. The van der Waals surface area contributed by atoms with Gasteiger partial charge in [0, 0.05) is 15.6 Å². The Morgan fingerprint density at radius 3 is 2.23 bits per heavy atom. The lowest BCUT2D eigenvalue weighted by Gasteiger charge is -2.19. The van der Waals surface area contributed by atoms with Gasteiger partial charge in [-0.2, -0.15) is 0 Å². The lowest BCUT2D eigenvalue weighted by molar-refractivity contribution is 0.102. The topological polar surface area (TPSA) is 41.5 Å². The van der Waals surface area contributed by atoms with E-state index in [1.54, 1.807) is 0 Å². The summed E-state index contributed by atoms with van der Waals surface area (Å²) in [4.78, 5) is 17.7. The van der Waals surface area contributed by atoms with Gasteiger partial charge >= 0.3 is 0 Å². The van der Waals surface area contributed by atoms with Crippen LogP contribution in [0.1, 0.15) is 32.6 Å². The summed E-state index contributed by atoms with van der Waals surface area (Å²) >= 11 is 3.49. The number of aliphatic imine (C=N–C) groups is 1. The van der Waals surface area contributed by atoms with Gasteiger partial charge in [-0.1, -0.05) is 51.3 Å². The SMILES string of the molecule is Cc1ccc2c(c1)C(=O)Nc1ccc(C)cc1C(c1ccc(Br)cc1)=N2. The third kappa shape index (κ3) is 3.08. The number of fused-ring (bicyclic) bond motifs is 2. The molecule has 0 unspecified atom stereocenters. The molecule has 1 N–H and O–H groups in total. The molecule has 1 aliphatic rings. The molecule has 0 radical (unpaired) electrons. The third-order valence-electron chi connectivity index (χ3n) is 4.42. The molecule has 0 spiro atoms. The second kappa shape index (κ2) is 6.54. The van der Waals surface area contributed by atoms with Crippen molar-refractivity contribution in [3.05, 3.63) is 93.0 Å². The first kappa shape index (κ1) is 16.7. The average Bonchev–Trinajstić information content (AvgIpc) is 2.62. The first-order chi connectivity index (χ1) is 12.5. The van der Waals surface area contributed by atoms with E-state index in [2.05, 4.69) is 27.3 Å². The summed E-state index contributed by atoms with van der Waals surface area (Å²) in [6.07, 6.45) is 0. The molecule has 3 aromatic rings. The molecule has 3 nitrogen and oxygen atoms in total. The predicted molar refractivity (Wildman–Crippen MR) is 110 cm³/mol. The van der Waals surface area contributed by atoms with Crippen molar-refractivity contribution in [2.24, 2.45) is 4.99 Å². The summed E-state index contributed by atoms with van der Waals surface area (Å²) in [7, 11) is 0. The van der Waals surface area contributed by atoms with E-state index >= 15 is 0 Å². The minimum Gasteiger partial charge on any atom is -0.321 e. The van der Waals surface area contributed by atoms with Gasteiger partial charge < -0.3 is 5.32 Å². The maximum absolute atomic E-state index is 12.8. The molecule has 4 rings (SSSR count). The maximum atomic E-state index is 12.8. The number of rotatable bonds is 1. The van der Waals surface area contributed by atoms with E-state index in [4.69, 9.17) is 4.99 Å². The zero-order valence-electron chi connectivity index (χ0n) is 14.5. The molecule has 0 bridgehead atoms. The Morgan fingerprint density at radius 1 is 0.846 bits per heavy atom. The zero-order chi connectivity index (χ0) is 18.3. The summed E-state index contributed by atoms with van der Waals surface area (Å²) in [5, 5.41) is 3.06. The van der Waals surface area contributed by atoms with Gasteiger partial charge in [0.15, 0.2) is 0 Å². The minimum atomic E-state index is -0.132. The van der Waals surface area contributed by atoms with E-state index in [1.807, 2.05) is 68.4 Å². The smallest absolute Gasteiger partial charge is 0.257 e. The molecule has 0 aliphatic carbocycles. The van der Waals surface area contributed by atoms with Gasteiger partial charge in [-0.15, -0.1) is 0 Å². The summed E-state index contributed by atoms with van der Waals surface area (Å²) in [6.45, 7) is 4.01. The second-order valence-corrected chi connectivity index (χ2v) is 7.41. The van der Waals surface area contributed by atoms with Crippen LogP contribution in [-0.2, 0) is 0 Å². The number of halogens is 1. The molecule has 1 amide bonds. The summed E-state index contributed by atoms with van der Waals surface area (Å²) < 4.78 is 1.02. The van der Waals surface area contributed by atoms with Crippen molar-refractivity contribution in [1.82, 2.24) is 0 Å². The van der Waals surface area contributed by atoms with Crippen LogP contribution in [0.3, 0.4) is 0 Å². The highest BCUT2D eigenvalue weighted by Crippen LogP contribution is 2.31. The summed E-state index contributed by atoms with van der Waals surface area (Å²) in [5.74, 6) is -0.132. The Morgan fingerprint density at radius 2 is 1.50 bits per heavy atom. The van der Waals surface area contributed by atoms with Gasteiger partial charge in [-0.3, -0.25) is 4.79 Å². The molecule has 26 heavy (non-hydrogen) atoms. The molecule has 1 heterocycles. The molecule has 3 aromatic carbocycles. The standard InChI is InChI=1S/C22H17BrN2O/c1-13-3-9-19-17(11-13)21(15-5-7-16(23)8-6-15)24-20-10-4-14(2)12-18(20)22(26)25-19/h3-12H,1-2H3,(H,25,26). The number of carbonyl (C=O) groups is 1. The maximum Gasteiger partial charge on any atom is 0.257 e. The molecule has 0 saturated heterocycles. The van der Waals surface area contributed by atoms with Gasteiger partial charge in [0.2, 0.25) is 0 Å². The summed E-state index contributed by atoms with van der Waals surface area (Å²) in [5.41, 5.74) is 6.96. The van der Waals surface area contributed by atoms with Gasteiger partial charge in [0.05, 0.1) is 22.6 Å². The molecular weight excluding hydrogens is 388 g/mol. The lowest BCUT2D eigenvalue weighted by Crippen LogP contribution is -2.18. The van der Waals surface area contributed by atoms with Crippen LogP contribution >= 0.6 is 15.9 Å². The molecule has 0 atom stereocenters. The Kier molecular flexibility index (Phi) is 4.21. The van der Waals surface area contributed by atoms with Crippen molar-refractivity contribution in [1.29, 1.82) is 0 Å². The minimum absolute atomic E-state index is 0.132. The van der Waals surface area contributed by atoms with Crippen molar-refractivity contribution >= 4 is 38.9 Å². The van der Waals surface area contributed by atoms with Crippen LogP contribution in [0.5, 0.6) is 0 Å². The van der Waals surface area contributed by atoms with E-state index in [-0.39, 0.29) is 5.91 Å². The van der Waals surface area contributed by atoms with E-state index in [0.717, 1.165) is 38.1 Å². The van der Waals surface area contributed by atoms with Crippen LogP contribution in [0.2, 0.25) is 0 Å². The molecule has 0 saturated carbocycles. The van der Waals surface area contributed by atoms with Gasteiger partial charge in [-0.05, 0) is 50.2 Å². The quantitative estimate of drug-likeness (QED) is 0.546. The highest BCUT2D eigenvalue weighted by Gasteiger charge is 2.21. The first-order valence-electron chi connectivity index (χ1n) is 8.39. The van der Waals surface area contributed by atoms with Crippen LogP contribution in [0.4, 0.5) is 11.4 Å². The molecule has 0 aromatic heterocycles. The van der Waals surface area contributed by atoms with Gasteiger partial charge in [-0.25, -0.2) is 4.99 Å². The van der Waals surface area contributed by atoms with Gasteiger partial charge in [0.1, 0.15) is 0 Å². The highest BCUT2D eigenvalue weighted by molar-refractivity contribution is 9.10. The summed E-state index contributed by atoms with van der Waals surface area (Å²) in [6, 6.07) is 19.8. The number of nitrogens with zero attached hydrogens (tertiary/aromatic N) is 1. The predicted octanol–water partition coefficient (Wildman–Crippen LogP) is 5.80. The van der Waals surface area contributed by atoms with Crippen molar-refractivity contribution in [3.63, 3.8) is 0 Å². The van der Waals surface area contributed by atoms with Gasteiger partial charge in [0.25, 0.3) is 5.91 Å². The molecule has 128 valence electrons. The second-order valence-electron chi connectivity index (χ2n) is 6.49. The number of amides is 1. The zero-order valence-corrected chi connectivity index (χ0v) is 16.1. The number of aryl methyl sites for hydroxylation is 2. The largest absolute Gasteiger partial charge is 0.321 e. The van der Waals surface area contributed by atoms with Crippen molar-refractivity contribution in [3.8, 4) is 0 Å². The van der Waals surface area contributed by atoms with Crippen molar-refractivity contribution in [2.75, 3.05) is 5.32 Å². The van der Waals surface area contributed by atoms with Crippen LogP contribution in [0, 0.1) is 13.8 Å². The first-order valence-corrected chi connectivity index (χ1v) is 9.18. The van der Waals surface area contributed by atoms with Crippen LogP contribution in [-0.4, -0.2) is 11.6 Å². The monoisotopic (exact) mass is 404 g/mol. The van der Waals surface area contributed by atoms with Crippen molar-refractivity contribution < 1.29 is 4.79 Å². The van der Waals surface area contributed by atoms with E-state index in [9.17, 15) is 4.79 Å². The lowest BCUT2D eigenvalue weighted by atomic mass is 9.97. The van der Waals surface area contributed by atoms with Crippen LogP contribution in [0.25, 0.3) is 0 Å². The number of anilines is 1. The van der Waals surface area contributed by atoms with E-state index < -0.39 is 0 Å². The molecule has 4 heteroatoms. The number of carbonyl (C=O) groups excluding carboxylic acids is 1. The van der Waals surface area contributed by atoms with Crippen molar-refractivity contribution in [2.45, 2.75) is 13.8 Å². The Labute approximate surface area is 160 Å². The highest BCUT2D eigenvalue weighted by atomic mass is 79.9. The van der Waals surface area contributed by atoms with Crippen LogP contribution < -0.4 is 5.32 Å².